The Kier molecular flexibility index (Phi) is 3.80. The lowest BCUT2D eigenvalue weighted by Crippen LogP contribution is -2.40. The first kappa shape index (κ1) is 16.1. The molecule has 0 unspecified atom stereocenters. The third-order valence-corrected chi connectivity index (χ3v) is 5.21. The van der Waals surface area contributed by atoms with Crippen LogP contribution in [0.5, 0.6) is 5.75 Å². The molecule has 4 rings (SSSR count). The van der Waals surface area contributed by atoms with E-state index in [-0.39, 0.29) is 18.0 Å². The van der Waals surface area contributed by atoms with Crippen LogP contribution in [0, 0.1) is 11.8 Å². The summed E-state index contributed by atoms with van der Waals surface area (Å²) in [7, 11) is 1.60. The van der Waals surface area contributed by atoms with Crippen LogP contribution in [0.2, 0.25) is 0 Å². The summed E-state index contributed by atoms with van der Waals surface area (Å²) in [4.78, 5) is 27.3. The SMILES string of the molecule is CCCOC(=O)[C@H]1[C@H]2C(=O)N(c3ccc(OC)cc3)C[C@]23C=C[C@H]1O3. The quantitative estimate of drug-likeness (QED) is 0.604. The van der Waals surface area contributed by atoms with Crippen LogP contribution in [0.3, 0.4) is 0 Å². The minimum absolute atomic E-state index is 0.0875. The molecular formula is C19H21NO5. The Bertz CT molecular complexity index is 728. The van der Waals surface area contributed by atoms with Crippen LogP contribution < -0.4 is 9.64 Å². The van der Waals surface area contributed by atoms with Crippen molar-refractivity contribution in [1.82, 2.24) is 0 Å². The lowest BCUT2D eigenvalue weighted by Gasteiger charge is -2.22. The molecular weight excluding hydrogens is 322 g/mol. The summed E-state index contributed by atoms with van der Waals surface area (Å²) >= 11 is 0. The Balaban J connectivity index is 1.61. The average molecular weight is 343 g/mol. The average Bonchev–Trinajstić information content (AvgIpc) is 3.28. The number of carbonyl (C=O) groups excluding carboxylic acids is 2. The van der Waals surface area contributed by atoms with Crippen molar-refractivity contribution in [3.63, 3.8) is 0 Å². The molecule has 4 atom stereocenters. The Morgan fingerprint density at radius 2 is 2.12 bits per heavy atom. The number of anilines is 1. The van der Waals surface area contributed by atoms with Crippen molar-refractivity contribution in [3.05, 3.63) is 36.4 Å². The Labute approximate surface area is 146 Å². The van der Waals surface area contributed by atoms with Gasteiger partial charge in [0.05, 0.1) is 32.3 Å². The Morgan fingerprint density at radius 1 is 1.36 bits per heavy atom. The van der Waals surface area contributed by atoms with E-state index in [2.05, 4.69) is 0 Å². The highest BCUT2D eigenvalue weighted by atomic mass is 16.6. The van der Waals surface area contributed by atoms with Gasteiger partial charge in [0, 0.05) is 5.69 Å². The summed E-state index contributed by atoms with van der Waals surface area (Å²) in [6, 6.07) is 7.31. The van der Waals surface area contributed by atoms with Gasteiger partial charge in [-0.25, -0.2) is 0 Å². The Morgan fingerprint density at radius 3 is 2.80 bits per heavy atom. The molecule has 3 aliphatic rings. The van der Waals surface area contributed by atoms with Gasteiger partial charge < -0.3 is 19.1 Å². The molecule has 1 amide bonds. The number of hydrogen-bond acceptors (Lipinski definition) is 5. The van der Waals surface area contributed by atoms with Gasteiger partial charge in [-0.05, 0) is 30.7 Å². The lowest BCUT2D eigenvalue weighted by molar-refractivity contribution is -0.152. The number of methoxy groups -OCH3 is 1. The van der Waals surface area contributed by atoms with E-state index in [1.54, 1.807) is 12.0 Å². The predicted molar refractivity (Wildman–Crippen MR) is 90.3 cm³/mol. The van der Waals surface area contributed by atoms with E-state index in [9.17, 15) is 9.59 Å². The maximum Gasteiger partial charge on any atom is 0.312 e. The fourth-order valence-corrected chi connectivity index (χ4v) is 4.05. The number of esters is 1. The molecule has 1 spiro atoms. The zero-order valence-electron chi connectivity index (χ0n) is 14.3. The summed E-state index contributed by atoms with van der Waals surface area (Å²) in [5.74, 6) is -0.781. The minimum atomic E-state index is -0.725. The van der Waals surface area contributed by atoms with Crippen LogP contribution in [0.15, 0.2) is 36.4 Å². The number of rotatable bonds is 5. The summed E-state index contributed by atoms with van der Waals surface area (Å²) in [5.41, 5.74) is 0.0492. The van der Waals surface area contributed by atoms with E-state index in [1.165, 1.54) is 0 Å². The zero-order chi connectivity index (χ0) is 17.6. The van der Waals surface area contributed by atoms with Crippen LogP contribution in [0.1, 0.15) is 13.3 Å². The van der Waals surface area contributed by atoms with Gasteiger partial charge in [0.25, 0.3) is 0 Å². The van der Waals surface area contributed by atoms with Crippen LogP contribution in [0.25, 0.3) is 0 Å². The second-order valence-corrected chi connectivity index (χ2v) is 6.69. The highest BCUT2D eigenvalue weighted by Gasteiger charge is 2.67. The largest absolute Gasteiger partial charge is 0.497 e. The molecule has 2 bridgehead atoms. The third kappa shape index (κ3) is 2.35. The highest BCUT2D eigenvalue weighted by molar-refractivity contribution is 6.02. The molecule has 6 heteroatoms. The van der Waals surface area contributed by atoms with Gasteiger partial charge in [-0.2, -0.15) is 0 Å². The number of ether oxygens (including phenoxy) is 3. The van der Waals surface area contributed by atoms with E-state index in [0.29, 0.717) is 13.2 Å². The van der Waals surface area contributed by atoms with Crippen molar-refractivity contribution in [3.8, 4) is 5.75 Å². The van der Waals surface area contributed by atoms with Crippen molar-refractivity contribution < 1.29 is 23.8 Å². The Hall–Kier alpha value is -2.34. The number of benzene rings is 1. The van der Waals surface area contributed by atoms with E-state index in [0.717, 1.165) is 17.9 Å². The van der Waals surface area contributed by atoms with Crippen molar-refractivity contribution in [2.24, 2.45) is 11.8 Å². The molecule has 2 fully saturated rings. The van der Waals surface area contributed by atoms with Crippen LogP contribution in [-0.4, -0.2) is 43.8 Å². The number of nitrogens with zero attached hydrogens (tertiary/aromatic N) is 1. The molecule has 2 saturated heterocycles. The van der Waals surface area contributed by atoms with Gasteiger partial charge in [0.15, 0.2) is 0 Å². The van der Waals surface area contributed by atoms with Crippen molar-refractivity contribution in [2.75, 3.05) is 25.2 Å². The first-order valence-corrected chi connectivity index (χ1v) is 8.59. The van der Waals surface area contributed by atoms with Crippen LogP contribution in [-0.2, 0) is 19.1 Å². The van der Waals surface area contributed by atoms with E-state index in [1.807, 2.05) is 43.3 Å². The van der Waals surface area contributed by atoms with Gasteiger partial charge in [-0.15, -0.1) is 0 Å². The maximum absolute atomic E-state index is 13.1. The summed E-state index contributed by atoms with van der Waals surface area (Å²) in [6.07, 6.45) is 4.21. The van der Waals surface area contributed by atoms with E-state index >= 15 is 0 Å². The van der Waals surface area contributed by atoms with E-state index in [4.69, 9.17) is 14.2 Å². The van der Waals surface area contributed by atoms with Crippen LogP contribution in [0.4, 0.5) is 5.69 Å². The second kappa shape index (κ2) is 5.88. The fraction of sp³-hybridized carbons (Fsp3) is 0.474. The molecule has 132 valence electrons. The topological polar surface area (TPSA) is 65.1 Å². The molecule has 0 N–H and O–H groups in total. The second-order valence-electron chi connectivity index (χ2n) is 6.69. The van der Waals surface area contributed by atoms with Crippen molar-refractivity contribution in [1.29, 1.82) is 0 Å². The van der Waals surface area contributed by atoms with E-state index < -0.39 is 17.4 Å². The molecule has 0 saturated carbocycles. The highest BCUT2D eigenvalue weighted by Crippen LogP contribution is 2.52. The third-order valence-electron chi connectivity index (χ3n) is 5.21. The lowest BCUT2D eigenvalue weighted by atomic mass is 9.77. The molecule has 0 radical (unpaired) electrons. The van der Waals surface area contributed by atoms with Crippen molar-refractivity contribution >= 4 is 17.6 Å². The maximum atomic E-state index is 13.1. The minimum Gasteiger partial charge on any atom is -0.497 e. The van der Waals surface area contributed by atoms with Gasteiger partial charge >= 0.3 is 5.97 Å². The predicted octanol–water partition coefficient (Wildman–Crippen LogP) is 1.93. The molecule has 1 aromatic rings. The van der Waals surface area contributed by atoms with Gasteiger partial charge in [0.2, 0.25) is 5.91 Å². The number of fused-ring (bicyclic) bond motifs is 1. The summed E-state index contributed by atoms with van der Waals surface area (Å²) < 4.78 is 16.5. The molecule has 0 aliphatic carbocycles. The van der Waals surface area contributed by atoms with Crippen LogP contribution >= 0.6 is 0 Å². The van der Waals surface area contributed by atoms with Crippen molar-refractivity contribution in [2.45, 2.75) is 25.0 Å². The van der Waals surface area contributed by atoms with Gasteiger partial charge in [-0.1, -0.05) is 19.1 Å². The number of carbonyl (C=O) groups is 2. The molecule has 1 aromatic carbocycles. The monoisotopic (exact) mass is 343 g/mol. The molecule has 0 aromatic heterocycles. The number of hydrogen-bond donors (Lipinski definition) is 0. The first-order chi connectivity index (χ1) is 12.1. The zero-order valence-corrected chi connectivity index (χ0v) is 14.3. The smallest absolute Gasteiger partial charge is 0.312 e. The van der Waals surface area contributed by atoms with Gasteiger partial charge in [-0.3, -0.25) is 9.59 Å². The van der Waals surface area contributed by atoms with Gasteiger partial charge in [0.1, 0.15) is 17.3 Å². The molecule has 3 aliphatic heterocycles. The number of amides is 1. The standard InChI is InChI=1S/C19H21NO5/c1-3-10-24-18(22)15-14-8-9-19(25-14)11-20(17(21)16(15)19)12-4-6-13(23-2)7-5-12/h4-9,14-16H,3,10-11H2,1-2H3/t14-,15-,16+,19-/m1/s1. The summed E-state index contributed by atoms with van der Waals surface area (Å²) in [5, 5.41) is 0. The molecule has 3 heterocycles. The molecule has 25 heavy (non-hydrogen) atoms. The summed E-state index contributed by atoms with van der Waals surface area (Å²) in [6.45, 7) is 2.72. The first-order valence-electron chi connectivity index (χ1n) is 8.59. The normalized spacial score (nSPS) is 32.2. The molecule has 6 nitrogen and oxygen atoms in total. The fourth-order valence-electron chi connectivity index (χ4n) is 4.05.